The molecular weight excluding hydrogens is 432 g/mol. The van der Waals surface area contributed by atoms with Crippen molar-refractivity contribution in [2.45, 2.75) is 26.4 Å². The van der Waals surface area contributed by atoms with Gasteiger partial charge in [-0.25, -0.2) is 9.89 Å². The van der Waals surface area contributed by atoms with E-state index in [-0.39, 0.29) is 0 Å². The Morgan fingerprint density at radius 2 is 1.71 bits per heavy atom. The number of nitrogens with one attached hydrogen (secondary N) is 2. The molecule has 9 nitrogen and oxygen atoms in total. The average Bonchev–Trinajstić information content (AvgIpc) is 3.48. The zero-order valence-corrected chi connectivity index (χ0v) is 18.9. The highest BCUT2D eigenvalue weighted by atomic mass is 16.6. The Bertz CT molecular complexity index is 1470. The summed E-state index contributed by atoms with van der Waals surface area (Å²) in [7, 11) is 0. The van der Waals surface area contributed by atoms with E-state index in [1.165, 1.54) is 0 Å². The number of nitrogens with zero attached hydrogens (tertiary/aromatic N) is 4. The van der Waals surface area contributed by atoms with Gasteiger partial charge < -0.3 is 9.26 Å². The maximum atomic E-state index is 12.2. The Labute approximate surface area is 195 Å². The molecule has 0 atom stereocenters. The van der Waals surface area contributed by atoms with E-state index in [0.29, 0.717) is 17.3 Å². The van der Waals surface area contributed by atoms with Gasteiger partial charge in [0, 0.05) is 16.8 Å². The lowest BCUT2D eigenvalue weighted by Crippen LogP contribution is -2.27. The van der Waals surface area contributed by atoms with Crippen LogP contribution in [0.3, 0.4) is 0 Å². The van der Waals surface area contributed by atoms with Gasteiger partial charge in [0.1, 0.15) is 11.1 Å². The fraction of sp³-hybridized carbons (Fsp3) is 0.160. The molecule has 0 aliphatic carbocycles. The van der Waals surface area contributed by atoms with Gasteiger partial charge in [0.05, 0.1) is 5.39 Å². The number of aromatic amines is 1. The van der Waals surface area contributed by atoms with Crippen LogP contribution >= 0.6 is 0 Å². The van der Waals surface area contributed by atoms with E-state index in [2.05, 4.69) is 31.1 Å². The minimum Gasteiger partial charge on any atom is -0.444 e. The second-order valence-corrected chi connectivity index (χ2v) is 8.78. The molecule has 5 aromatic rings. The molecule has 0 unspecified atom stereocenters. The third-order valence-electron chi connectivity index (χ3n) is 5.06. The van der Waals surface area contributed by atoms with Crippen LogP contribution in [0.1, 0.15) is 20.8 Å². The zero-order valence-electron chi connectivity index (χ0n) is 18.9. The number of carbonyl (C=O) groups is 1. The lowest BCUT2D eigenvalue weighted by Gasteiger charge is -2.19. The lowest BCUT2D eigenvalue weighted by molar-refractivity contribution is 0.0636. The highest BCUT2D eigenvalue weighted by molar-refractivity contribution is 5.95. The second kappa shape index (κ2) is 8.43. The van der Waals surface area contributed by atoms with E-state index in [1.807, 2.05) is 87.5 Å². The zero-order chi connectivity index (χ0) is 23.7. The maximum absolute atomic E-state index is 12.2. The van der Waals surface area contributed by atoms with Crippen LogP contribution in [0.5, 0.6) is 0 Å². The third-order valence-corrected chi connectivity index (χ3v) is 5.06. The molecule has 170 valence electrons. The molecule has 5 rings (SSSR count). The molecule has 9 heteroatoms. The van der Waals surface area contributed by atoms with Gasteiger partial charge in [-0.15, -0.1) is 5.10 Å². The SMILES string of the molecule is CC(C)(C)OC(=O)Nc1cccc(-c2cccc(-c3onc4ccc(-c5nnn[nH]5)cc34)c2)c1. The van der Waals surface area contributed by atoms with Gasteiger partial charge in [0.25, 0.3) is 0 Å². The molecule has 0 radical (unpaired) electrons. The van der Waals surface area contributed by atoms with Gasteiger partial charge in [-0.3, -0.25) is 5.32 Å². The molecular formula is C25H22N6O3. The van der Waals surface area contributed by atoms with Crippen LogP contribution in [-0.4, -0.2) is 37.5 Å². The monoisotopic (exact) mass is 454 g/mol. The first-order valence-electron chi connectivity index (χ1n) is 10.7. The summed E-state index contributed by atoms with van der Waals surface area (Å²) in [5.41, 5.74) is 4.42. The lowest BCUT2D eigenvalue weighted by atomic mass is 10.00. The minimum atomic E-state index is -0.570. The van der Waals surface area contributed by atoms with Crippen LogP contribution in [0.4, 0.5) is 10.5 Å². The van der Waals surface area contributed by atoms with Crippen LogP contribution in [-0.2, 0) is 4.74 Å². The smallest absolute Gasteiger partial charge is 0.412 e. The maximum Gasteiger partial charge on any atom is 0.412 e. The minimum absolute atomic E-state index is 0.496. The quantitative estimate of drug-likeness (QED) is 0.358. The number of hydrogen-bond acceptors (Lipinski definition) is 7. The summed E-state index contributed by atoms with van der Waals surface area (Å²) in [6, 6.07) is 21.2. The molecule has 34 heavy (non-hydrogen) atoms. The van der Waals surface area contributed by atoms with Gasteiger partial charge in [0.2, 0.25) is 0 Å². The first kappa shape index (κ1) is 21.3. The van der Waals surface area contributed by atoms with Gasteiger partial charge in [0.15, 0.2) is 11.6 Å². The van der Waals surface area contributed by atoms with Crippen molar-refractivity contribution in [1.82, 2.24) is 25.8 Å². The Kier molecular flexibility index (Phi) is 5.29. The third kappa shape index (κ3) is 4.49. The van der Waals surface area contributed by atoms with E-state index in [4.69, 9.17) is 9.26 Å². The van der Waals surface area contributed by atoms with Crippen molar-refractivity contribution in [3.63, 3.8) is 0 Å². The van der Waals surface area contributed by atoms with Crippen molar-refractivity contribution >= 4 is 22.7 Å². The predicted molar refractivity (Wildman–Crippen MR) is 128 cm³/mol. The topological polar surface area (TPSA) is 119 Å². The Morgan fingerprint density at radius 3 is 2.47 bits per heavy atom. The fourth-order valence-electron chi connectivity index (χ4n) is 3.62. The molecule has 2 aromatic heterocycles. The molecule has 0 bridgehead atoms. The molecule has 1 amide bonds. The molecule has 0 saturated heterocycles. The largest absolute Gasteiger partial charge is 0.444 e. The summed E-state index contributed by atoms with van der Waals surface area (Å²) in [6.45, 7) is 5.48. The normalized spacial score (nSPS) is 11.5. The van der Waals surface area contributed by atoms with Crippen molar-refractivity contribution in [3.8, 4) is 33.8 Å². The Hall–Kier alpha value is -4.53. The summed E-state index contributed by atoms with van der Waals surface area (Å²) in [4.78, 5) is 12.2. The summed E-state index contributed by atoms with van der Waals surface area (Å²) < 4.78 is 11.1. The number of rotatable bonds is 4. The Balaban J connectivity index is 1.46. The number of fused-ring (bicyclic) bond motifs is 1. The molecule has 0 aliphatic heterocycles. The number of carbonyl (C=O) groups excluding carboxylic acids is 1. The molecule has 3 aromatic carbocycles. The van der Waals surface area contributed by atoms with Crippen LogP contribution in [0.25, 0.3) is 44.7 Å². The van der Waals surface area contributed by atoms with E-state index >= 15 is 0 Å². The summed E-state index contributed by atoms with van der Waals surface area (Å²) in [6.07, 6.45) is -0.496. The van der Waals surface area contributed by atoms with E-state index in [1.54, 1.807) is 0 Å². The van der Waals surface area contributed by atoms with Crippen LogP contribution in [0.15, 0.2) is 71.3 Å². The molecule has 0 aliphatic rings. The molecule has 0 spiro atoms. The molecule has 0 saturated carbocycles. The average molecular weight is 454 g/mol. The van der Waals surface area contributed by atoms with Crippen LogP contribution in [0, 0.1) is 0 Å². The second-order valence-electron chi connectivity index (χ2n) is 8.78. The van der Waals surface area contributed by atoms with Gasteiger partial charge in [-0.2, -0.15) is 0 Å². The highest BCUT2D eigenvalue weighted by Gasteiger charge is 2.17. The molecule has 2 N–H and O–H groups in total. The number of amides is 1. The number of benzene rings is 3. The first-order valence-corrected chi connectivity index (χ1v) is 10.7. The number of tetrazole rings is 1. The molecule has 2 heterocycles. The summed E-state index contributed by atoms with van der Waals surface area (Å²) in [5.74, 6) is 1.21. The van der Waals surface area contributed by atoms with Crippen molar-refractivity contribution in [2.24, 2.45) is 0 Å². The number of aromatic nitrogens is 5. The van der Waals surface area contributed by atoms with Crippen LogP contribution < -0.4 is 5.32 Å². The number of anilines is 1. The van der Waals surface area contributed by atoms with Gasteiger partial charge >= 0.3 is 6.09 Å². The number of ether oxygens (including phenoxy) is 1. The number of hydrogen-bond donors (Lipinski definition) is 2. The van der Waals surface area contributed by atoms with Gasteiger partial charge in [-0.05, 0) is 78.7 Å². The highest BCUT2D eigenvalue weighted by Crippen LogP contribution is 2.34. The van der Waals surface area contributed by atoms with Gasteiger partial charge in [-0.1, -0.05) is 35.5 Å². The van der Waals surface area contributed by atoms with Crippen molar-refractivity contribution in [2.75, 3.05) is 5.32 Å². The number of H-pyrrole nitrogens is 1. The van der Waals surface area contributed by atoms with E-state index in [9.17, 15) is 4.79 Å². The van der Waals surface area contributed by atoms with Crippen molar-refractivity contribution in [1.29, 1.82) is 0 Å². The standard InChI is InChI=1S/C25H22N6O3/c1-25(2,3)33-24(32)26-19-9-5-7-16(13-19)15-6-4-8-17(12-15)22-20-14-18(23-27-30-31-28-23)10-11-21(20)29-34-22/h4-14H,1-3H3,(H,26,32)(H,27,28,30,31). The van der Waals surface area contributed by atoms with E-state index < -0.39 is 11.7 Å². The van der Waals surface area contributed by atoms with E-state index in [0.717, 1.165) is 33.2 Å². The fourth-order valence-corrected chi connectivity index (χ4v) is 3.62. The summed E-state index contributed by atoms with van der Waals surface area (Å²) in [5, 5.41) is 21.9. The molecule has 0 fully saturated rings. The Morgan fingerprint density at radius 1 is 0.941 bits per heavy atom. The van der Waals surface area contributed by atoms with Crippen LogP contribution in [0.2, 0.25) is 0 Å². The van der Waals surface area contributed by atoms with Crippen molar-refractivity contribution < 1.29 is 14.1 Å². The van der Waals surface area contributed by atoms with Crippen molar-refractivity contribution in [3.05, 3.63) is 66.7 Å². The predicted octanol–water partition coefficient (Wildman–Crippen LogP) is 5.69. The first-order chi connectivity index (χ1) is 16.4. The summed E-state index contributed by atoms with van der Waals surface area (Å²) >= 11 is 0.